The summed E-state index contributed by atoms with van der Waals surface area (Å²) in [6, 6.07) is 0. The molecule has 5 aliphatic carbocycles. The van der Waals surface area contributed by atoms with Crippen LogP contribution in [0.5, 0.6) is 0 Å². The van der Waals surface area contributed by atoms with E-state index in [2.05, 4.69) is 55.0 Å². The van der Waals surface area contributed by atoms with Crippen molar-refractivity contribution >= 4 is 5.78 Å². The van der Waals surface area contributed by atoms with Gasteiger partial charge in [0.2, 0.25) is 0 Å². The highest BCUT2D eigenvalue weighted by Gasteiger charge is 2.70. The van der Waals surface area contributed by atoms with Crippen LogP contribution in [0.3, 0.4) is 0 Å². The third kappa shape index (κ3) is 2.59. The third-order valence-corrected chi connectivity index (χ3v) is 13.2. The Balaban J connectivity index is 1.55. The SMILES string of the molecule is C=C(C)[C@H]1CC[C@]2(C)CC[C@@]3(C)[C@H](CC[C@H]4[C@]5(C)CCC(=O)C(C)(C)[C@@H]5CC[C@]43C)[C@H]12. The Hall–Kier alpha value is -0.590. The van der Waals surface area contributed by atoms with Crippen LogP contribution in [0.25, 0.3) is 0 Å². The monoisotopic (exact) mass is 424 g/mol. The molecule has 1 heteroatoms. The van der Waals surface area contributed by atoms with E-state index in [1.807, 2.05) is 0 Å². The molecule has 0 bridgehead atoms. The summed E-state index contributed by atoms with van der Waals surface area (Å²) < 4.78 is 0. The molecule has 174 valence electrons. The maximum atomic E-state index is 12.9. The Morgan fingerprint density at radius 2 is 1.52 bits per heavy atom. The van der Waals surface area contributed by atoms with Crippen molar-refractivity contribution in [1.82, 2.24) is 0 Å². The second-order valence-electron chi connectivity index (χ2n) is 14.5. The minimum atomic E-state index is -0.131. The lowest BCUT2D eigenvalue weighted by Gasteiger charge is -2.72. The number of fused-ring (bicyclic) bond motifs is 7. The molecular weight excluding hydrogens is 376 g/mol. The Kier molecular flexibility index (Phi) is 4.66. The Morgan fingerprint density at radius 1 is 0.806 bits per heavy atom. The average molecular weight is 425 g/mol. The van der Waals surface area contributed by atoms with E-state index in [0.717, 1.165) is 36.5 Å². The second-order valence-corrected chi connectivity index (χ2v) is 14.5. The van der Waals surface area contributed by atoms with Crippen LogP contribution in [0.4, 0.5) is 0 Å². The second kappa shape index (κ2) is 6.50. The first-order chi connectivity index (χ1) is 14.3. The fraction of sp³-hybridized carbons (Fsp3) is 0.900. The van der Waals surface area contributed by atoms with Gasteiger partial charge in [0, 0.05) is 11.8 Å². The van der Waals surface area contributed by atoms with E-state index in [0.29, 0.717) is 33.4 Å². The van der Waals surface area contributed by atoms with Crippen LogP contribution in [0.1, 0.15) is 113 Å². The van der Waals surface area contributed by atoms with E-state index < -0.39 is 0 Å². The van der Waals surface area contributed by atoms with Crippen LogP contribution in [0.15, 0.2) is 12.2 Å². The molecule has 0 aliphatic heterocycles. The Morgan fingerprint density at radius 3 is 2.19 bits per heavy atom. The van der Waals surface area contributed by atoms with E-state index in [4.69, 9.17) is 0 Å². The zero-order chi connectivity index (χ0) is 22.6. The highest BCUT2D eigenvalue weighted by Crippen LogP contribution is 2.77. The highest BCUT2D eigenvalue weighted by atomic mass is 16.1. The summed E-state index contributed by atoms with van der Waals surface area (Å²) in [6.07, 6.45) is 13.0. The number of hydrogen-bond donors (Lipinski definition) is 0. The quantitative estimate of drug-likeness (QED) is 0.387. The van der Waals surface area contributed by atoms with E-state index in [1.165, 1.54) is 56.9 Å². The van der Waals surface area contributed by atoms with Gasteiger partial charge in [0.25, 0.3) is 0 Å². The van der Waals surface area contributed by atoms with E-state index >= 15 is 0 Å². The van der Waals surface area contributed by atoms with Gasteiger partial charge in [-0.15, -0.1) is 0 Å². The normalized spacial score (nSPS) is 55.6. The molecule has 1 nitrogen and oxygen atoms in total. The summed E-state index contributed by atoms with van der Waals surface area (Å²) in [7, 11) is 0. The average Bonchev–Trinajstić information content (AvgIpc) is 3.04. The lowest BCUT2D eigenvalue weighted by Crippen LogP contribution is -2.66. The van der Waals surface area contributed by atoms with Crippen LogP contribution in [-0.4, -0.2) is 5.78 Å². The van der Waals surface area contributed by atoms with Crippen molar-refractivity contribution in [2.75, 3.05) is 0 Å². The summed E-state index contributed by atoms with van der Waals surface area (Å²) in [5.74, 6) is 4.33. The van der Waals surface area contributed by atoms with Gasteiger partial charge in [-0.25, -0.2) is 0 Å². The number of carbonyl (C=O) groups is 1. The molecule has 0 heterocycles. The topological polar surface area (TPSA) is 17.1 Å². The first-order valence-electron chi connectivity index (χ1n) is 13.5. The van der Waals surface area contributed by atoms with Crippen molar-refractivity contribution in [3.8, 4) is 0 Å². The standard InChI is InChI=1S/C30H48O/c1-19(2)20-11-14-27(5)17-18-29(7)21(25(20)27)9-10-23-28(6)15-13-24(31)26(3,4)22(28)12-16-30(23,29)8/h20-23,25H,1,9-18H2,2-8H3/t20-,21-,22+,23+,25+,27-,28-,29+,30-/m1/s1. The van der Waals surface area contributed by atoms with E-state index in [9.17, 15) is 4.79 Å². The van der Waals surface area contributed by atoms with Gasteiger partial charge in [-0.05, 0) is 116 Å². The maximum absolute atomic E-state index is 12.9. The number of Topliss-reactive ketones (excluding diaryl/α,β-unsaturated/α-hetero) is 1. The number of hydrogen-bond acceptors (Lipinski definition) is 1. The number of ketones is 1. The number of carbonyl (C=O) groups excluding carboxylic acids is 1. The van der Waals surface area contributed by atoms with Crippen LogP contribution < -0.4 is 0 Å². The minimum absolute atomic E-state index is 0.131. The van der Waals surface area contributed by atoms with E-state index in [-0.39, 0.29) is 5.41 Å². The number of rotatable bonds is 1. The van der Waals surface area contributed by atoms with Crippen molar-refractivity contribution in [2.45, 2.75) is 113 Å². The molecule has 5 fully saturated rings. The van der Waals surface area contributed by atoms with Crippen LogP contribution in [-0.2, 0) is 4.79 Å². The summed E-state index contributed by atoms with van der Waals surface area (Å²) in [6.45, 7) is 22.0. The van der Waals surface area contributed by atoms with Gasteiger partial charge >= 0.3 is 0 Å². The van der Waals surface area contributed by atoms with Crippen molar-refractivity contribution in [3.63, 3.8) is 0 Å². The van der Waals surface area contributed by atoms with Crippen molar-refractivity contribution in [3.05, 3.63) is 12.2 Å². The Bertz CT molecular complexity index is 807. The fourth-order valence-corrected chi connectivity index (χ4v) is 11.3. The van der Waals surface area contributed by atoms with Gasteiger partial charge in [0.1, 0.15) is 5.78 Å². The Labute approximate surface area is 192 Å². The predicted molar refractivity (Wildman–Crippen MR) is 130 cm³/mol. The van der Waals surface area contributed by atoms with Crippen LogP contribution >= 0.6 is 0 Å². The molecule has 0 aromatic heterocycles. The fourth-order valence-electron chi connectivity index (χ4n) is 11.3. The van der Waals surface area contributed by atoms with Gasteiger partial charge in [-0.1, -0.05) is 53.7 Å². The molecule has 5 rings (SSSR count). The molecule has 0 N–H and O–H groups in total. The molecule has 31 heavy (non-hydrogen) atoms. The molecule has 0 amide bonds. The van der Waals surface area contributed by atoms with Gasteiger partial charge in [-0.2, -0.15) is 0 Å². The molecule has 0 spiro atoms. The molecule has 0 aromatic rings. The largest absolute Gasteiger partial charge is 0.299 e. The highest BCUT2D eigenvalue weighted by molar-refractivity contribution is 5.85. The predicted octanol–water partition coefficient (Wildman–Crippen LogP) is 8.23. The van der Waals surface area contributed by atoms with Gasteiger partial charge in [0.05, 0.1) is 0 Å². The number of allylic oxidation sites excluding steroid dienone is 1. The summed E-state index contributed by atoms with van der Waals surface area (Å²) in [5.41, 5.74) is 3.06. The van der Waals surface area contributed by atoms with Gasteiger partial charge in [-0.3, -0.25) is 4.79 Å². The lowest BCUT2D eigenvalue weighted by molar-refractivity contribution is -0.232. The van der Waals surface area contributed by atoms with Gasteiger partial charge < -0.3 is 0 Å². The van der Waals surface area contributed by atoms with Crippen molar-refractivity contribution < 1.29 is 4.79 Å². The van der Waals surface area contributed by atoms with E-state index in [1.54, 1.807) is 0 Å². The van der Waals surface area contributed by atoms with Gasteiger partial charge in [0.15, 0.2) is 0 Å². The lowest BCUT2D eigenvalue weighted by atomic mass is 9.32. The molecule has 5 saturated carbocycles. The smallest absolute Gasteiger partial charge is 0.138 e. The van der Waals surface area contributed by atoms with Crippen molar-refractivity contribution in [1.29, 1.82) is 0 Å². The summed E-state index contributed by atoms with van der Waals surface area (Å²) in [5, 5.41) is 0. The third-order valence-electron chi connectivity index (χ3n) is 13.2. The first kappa shape index (κ1) is 22.2. The zero-order valence-electron chi connectivity index (χ0n) is 21.6. The molecule has 5 aliphatic rings. The minimum Gasteiger partial charge on any atom is -0.299 e. The molecule has 0 aromatic carbocycles. The molecule has 0 radical (unpaired) electrons. The first-order valence-corrected chi connectivity index (χ1v) is 13.5. The van der Waals surface area contributed by atoms with Crippen LogP contribution in [0.2, 0.25) is 0 Å². The molecular formula is C30H48O. The molecule has 0 saturated heterocycles. The molecule has 0 unspecified atom stereocenters. The van der Waals surface area contributed by atoms with Crippen molar-refractivity contribution in [2.24, 2.45) is 56.7 Å². The molecule has 9 atom stereocenters. The summed E-state index contributed by atoms with van der Waals surface area (Å²) in [4.78, 5) is 12.9. The summed E-state index contributed by atoms with van der Waals surface area (Å²) >= 11 is 0. The zero-order valence-corrected chi connectivity index (χ0v) is 21.6. The van der Waals surface area contributed by atoms with Crippen LogP contribution in [0, 0.1) is 56.7 Å². The maximum Gasteiger partial charge on any atom is 0.138 e.